The van der Waals surface area contributed by atoms with E-state index in [-0.39, 0.29) is 0 Å². The summed E-state index contributed by atoms with van der Waals surface area (Å²) in [6.45, 7) is 3.92. The van der Waals surface area contributed by atoms with Crippen LogP contribution in [0.3, 0.4) is 0 Å². The molecule has 2 rings (SSSR count). The zero-order valence-electron chi connectivity index (χ0n) is 10.9. The van der Waals surface area contributed by atoms with E-state index in [2.05, 4.69) is 17.1 Å². The molecular weight excluding hydrogens is 236 g/mol. The lowest BCUT2D eigenvalue weighted by Crippen LogP contribution is -2.50. The van der Waals surface area contributed by atoms with Crippen molar-refractivity contribution in [3.8, 4) is 0 Å². The van der Waals surface area contributed by atoms with Gasteiger partial charge in [-0.2, -0.15) is 0 Å². The van der Waals surface area contributed by atoms with Gasteiger partial charge in [-0.15, -0.1) is 0 Å². The minimum absolute atomic E-state index is 0.311. The standard InChI is InChI=1S/C12H24N2O2S/c1-3-13-10-8-11-4-5-12(9-10)14(11)6-7-17(2,15)16/h10-13H,3-9H2,1-2H3. The van der Waals surface area contributed by atoms with Crippen LogP contribution in [0.1, 0.15) is 32.6 Å². The number of rotatable bonds is 5. The first-order chi connectivity index (χ1) is 7.99. The van der Waals surface area contributed by atoms with Crippen LogP contribution in [0, 0.1) is 0 Å². The van der Waals surface area contributed by atoms with Gasteiger partial charge >= 0.3 is 0 Å². The molecule has 2 heterocycles. The third-order valence-electron chi connectivity index (χ3n) is 4.10. The molecule has 1 N–H and O–H groups in total. The Morgan fingerprint density at radius 2 is 1.82 bits per heavy atom. The molecule has 2 aliphatic rings. The molecule has 0 amide bonds. The second-order valence-corrected chi connectivity index (χ2v) is 7.74. The van der Waals surface area contributed by atoms with Gasteiger partial charge in [0.15, 0.2) is 0 Å². The van der Waals surface area contributed by atoms with Crippen molar-refractivity contribution >= 4 is 9.84 Å². The molecule has 0 aliphatic carbocycles. The highest BCUT2D eigenvalue weighted by molar-refractivity contribution is 7.90. The van der Waals surface area contributed by atoms with E-state index in [0.717, 1.165) is 13.1 Å². The summed E-state index contributed by atoms with van der Waals surface area (Å²) in [5.74, 6) is 0.311. The van der Waals surface area contributed by atoms with Crippen LogP contribution in [-0.2, 0) is 9.84 Å². The monoisotopic (exact) mass is 260 g/mol. The normalized spacial score (nSPS) is 34.1. The highest BCUT2D eigenvalue weighted by Crippen LogP contribution is 2.35. The van der Waals surface area contributed by atoms with Gasteiger partial charge < -0.3 is 5.32 Å². The molecule has 0 aromatic rings. The van der Waals surface area contributed by atoms with Crippen LogP contribution in [0.25, 0.3) is 0 Å². The predicted molar refractivity (Wildman–Crippen MR) is 69.9 cm³/mol. The molecule has 2 bridgehead atoms. The van der Waals surface area contributed by atoms with Crippen molar-refractivity contribution in [3.63, 3.8) is 0 Å². The fourth-order valence-electron chi connectivity index (χ4n) is 3.37. The summed E-state index contributed by atoms with van der Waals surface area (Å²) >= 11 is 0. The van der Waals surface area contributed by atoms with Gasteiger partial charge in [0.05, 0.1) is 5.75 Å². The van der Waals surface area contributed by atoms with Crippen LogP contribution >= 0.6 is 0 Å². The number of nitrogens with zero attached hydrogens (tertiary/aromatic N) is 1. The van der Waals surface area contributed by atoms with Crippen molar-refractivity contribution in [2.75, 3.05) is 25.1 Å². The lowest BCUT2D eigenvalue weighted by Gasteiger charge is -2.39. The zero-order valence-corrected chi connectivity index (χ0v) is 11.7. The predicted octanol–water partition coefficient (Wildman–Crippen LogP) is 0.636. The third kappa shape index (κ3) is 3.42. The topological polar surface area (TPSA) is 49.4 Å². The third-order valence-corrected chi connectivity index (χ3v) is 5.02. The molecule has 0 saturated carbocycles. The Labute approximate surface area is 105 Å². The van der Waals surface area contributed by atoms with Crippen molar-refractivity contribution in [2.24, 2.45) is 0 Å². The van der Waals surface area contributed by atoms with E-state index in [1.807, 2.05) is 0 Å². The van der Waals surface area contributed by atoms with Crippen LogP contribution in [0.4, 0.5) is 0 Å². The maximum atomic E-state index is 11.2. The van der Waals surface area contributed by atoms with E-state index < -0.39 is 9.84 Å². The number of hydrogen-bond acceptors (Lipinski definition) is 4. The minimum Gasteiger partial charge on any atom is -0.314 e. The van der Waals surface area contributed by atoms with Gasteiger partial charge in [-0.1, -0.05) is 6.92 Å². The molecule has 2 fully saturated rings. The van der Waals surface area contributed by atoms with Gasteiger partial charge in [0.2, 0.25) is 0 Å². The molecule has 0 aromatic carbocycles. The highest BCUT2D eigenvalue weighted by Gasteiger charge is 2.40. The van der Waals surface area contributed by atoms with Crippen molar-refractivity contribution in [2.45, 2.75) is 50.7 Å². The maximum Gasteiger partial charge on any atom is 0.148 e. The Bertz CT molecular complexity index is 342. The van der Waals surface area contributed by atoms with E-state index >= 15 is 0 Å². The van der Waals surface area contributed by atoms with E-state index in [4.69, 9.17) is 0 Å². The summed E-state index contributed by atoms with van der Waals surface area (Å²) in [4.78, 5) is 2.44. The highest BCUT2D eigenvalue weighted by atomic mass is 32.2. The van der Waals surface area contributed by atoms with Crippen LogP contribution in [0.2, 0.25) is 0 Å². The molecule has 4 nitrogen and oxygen atoms in total. The Balaban J connectivity index is 1.90. The van der Waals surface area contributed by atoms with Crippen molar-refractivity contribution < 1.29 is 8.42 Å². The van der Waals surface area contributed by atoms with E-state index in [1.165, 1.54) is 31.9 Å². The van der Waals surface area contributed by atoms with E-state index in [0.29, 0.717) is 23.9 Å². The second kappa shape index (κ2) is 5.24. The summed E-state index contributed by atoms with van der Waals surface area (Å²) in [7, 11) is -2.82. The second-order valence-electron chi connectivity index (χ2n) is 5.48. The molecule has 0 aromatic heterocycles. The van der Waals surface area contributed by atoms with Crippen LogP contribution in [0.15, 0.2) is 0 Å². The van der Waals surface area contributed by atoms with E-state index in [1.54, 1.807) is 0 Å². The maximum absolute atomic E-state index is 11.2. The van der Waals surface area contributed by atoms with Gasteiger partial charge in [0.1, 0.15) is 9.84 Å². The minimum atomic E-state index is -2.82. The first-order valence-electron chi connectivity index (χ1n) is 6.66. The Morgan fingerprint density at radius 1 is 1.24 bits per heavy atom. The quantitative estimate of drug-likeness (QED) is 0.788. The molecule has 100 valence electrons. The summed E-state index contributed by atoms with van der Waals surface area (Å²) < 4.78 is 22.5. The average Bonchev–Trinajstić information content (AvgIpc) is 2.45. The number of fused-ring (bicyclic) bond motifs is 2. The lowest BCUT2D eigenvalue weighted by molar-refractivity contribution is 0.125. The van der Waals surface area contributed by atoms with Gasteiger partial charge in [0, 0.05) is 30.9 Å². The fraction of sp³-hybridized carbons (Fsp3) is 1.00. The fourth-order valence-corrected chi connectivity index (χ4v) is 3.91. The molecule has 2 atom stereocenters. The summed E-state index contributed by atoms with van der Waals surface area (Å²) in [6, 6.07) is 1.87. The van der Waals surface area contributed by atoms with Crippen molar-refractivity contribution in [1.29, 1.82) is 0 Å². The SMILES string of the molecule is CCNC1CC2CCC(C1)N2CCS(C)(=O)=O. The van der Waals surface area contributed by atoms with Crippen molar-refractivity contribution in [1.82, 2.24) is 10.2 Å². The molecule has 2 aliphatic heterocycles. The van der Waals surface area contributed by atoms with Crippen LogP contribution in [-0.4, -0.2) is 56.5 Å². The smallest absolute Gasteiger partial charge is 0.148 e. The Hall–Kier alpha value is -0.130. The number of piperidine rings is 1. The van der Waals surface area contributed by atoms with Gasteiger partial charge in [-0.05, 0) is 32.2 Å². The molecule has 0 radical (unpaired) electrons. The lowest BCUT2D eigenvalue weighted by atomic mass is 9.97. The molecule has 5 heteroatoms. The number of sulfone groups is 1. The Kier molecular flexibility index (Phi) is 4.10. The van der Waals surface area contributed by atoms with Crippen LogP contribution in [0.5, 0.6) is 0 Å². The summed E-state index contributed by atoms with van der Waals surface area (Å²) in [5, 5.41) is 3.53. The van der Waals surface area contributed by atoms with E-state index in [9.17, 15) is 8.42 Å². The molecule has 17 heavy (non-hydrogen) atoms. The van der Waals surface area contributed by atoms with Crippen LogP contribution < -0.4 is 5.32 Å². The summed E-state index contributed by atoms with van der Waals surface area (Å²) in [6.07, 6.45) is 6.20. The van der Waals surface area contributed by atoms with Gasteiger partial charge in [-0.3, -0.25) is 4.90 Å². The molecule has 2 unspecified atom stereocenters. The van der Waals surface area contributed by atoms with Gasteiger partial charge in [0.25, 0.3) is 0 Å². The largest absolute Gasteiger partial charge is 0.314 e. The molecule has 0 spiro atoms. The first-order valence-corrected chi connectivity index (χ1v) is 8.72. The first kappa shape index (κ1) is 13.3. The Morgan fingerprint density at radius 3 is 2.29 bits per heavy atom. The zero-order chi connectivity index (χ0) is 12.5. The average molecular weight is 260 g/mol. The van der Waals surface area contributed by atoms with Crippen molar-refractivity contribution in [3.05, 3.63) is 0 Å². The molecular formula is C12H24N2O2S. The number of hydrogen-bond donors (Lipinski definition) is 1. The molecule has 2 saturated heterocycles. The summed E-state index contributed by atoms with van der Waals surface area (Å²) in [5.41, 5.74) is 0. The number of nitrogens with one attached hydrogen (secondary N) is 1. The van der Waals surface area contributed by atoms with Gasteiger partial charge in [-0.25, -0.2) is 8.42 Å².